The van der Waals surface area contributed by atoms with Crippen molar-refractivity contribution in [3.05, 3.63) is 35.6 Å². The van der Waals surface area contributed by atoms with E-state index in [-0.39, 0.29) is 12.4 Å². The van der Waals surface area contributed by atoms with Gasteiger partial charge in [-0.3, -0.25) is 0 Å². The average molecular weight is 211 g/mol. The lowest BCUT2D eigenvalue weighted by atomic mass is 10.1. The molecule has 0 aliphatic heterocycles. The zero-order valence-corrected chi connectivity index (χ0v) is 9.04. The fourth-order valence-electron chi connectivity index (χ4n) is 1.39. The summed E-state index contributed by atoms with van der Waals surface area (Å²) in [6.45, 7) is 3.95. The van der Waals surface area contributed by atoms with E-state index in [0.717, 1.165) is 25.1 Å². The van der Waals surface area contributed by atoms with E-state index in [1.165, 1.54) is 12.1 Å². The molecule has 1 unspecified atom stereocenters. The fraction of sp³-hybridized carbons (Fsp3) is 0.500. The molecular formula is C12H18FNO. The van der Waals surface area contributed by atoms with Crippen LogP contribution in [-0.4, -0.2) is 18.3 Å². The van der Waals surface area contributed by atoms with Gasteiger partial charge in [0.05, 0.1) is 0 Å². The van der Waals surface area contributed by atoms with E-state index in [0.29, 0.717) is 5.92 Å². The molecule has 0 bridgehead atoms. The summed E-state index contributed by atoms with van der Waals surface area (Å²) in [7, 11) is 0. The third-order valence-electron chi connectivity index (χ3n) is 2.36. The minimum atomic E-state index is -0.201. The van der Waals surface area contributed by atoms with Gasteiger partial charge in [0.25, 0.3) is 0 Å². The second-order valence-electron chi connectivity index (χ2n) is 3.87. The Hall–Kier alpha value is -0.930. The first-order valence-electron chi connectivity index (χ1n) is 5.28. The highest BCUT2D eigenvalue weighted by molar-refractivity contribution is 5.15. The van der Waals surface area contributed by atoms with Crippen LogP contribution in [0.4, 0.5) is 4.39 Å². The van der Waals surface area contributed by atoms with E-state index < -0.39 is 0 Å². The first-order valence-corrected chi connectivity index (χ1v) is 5.28. The van der Waals surface area contributed by atoms with Gasteiger partial charge in [-0.2, -0.15) is 0 Å². The maximum absolute atomic E-state index is 12.6. The van der Waals surface area contributed by atoms with E-state index in [1.807, 2.05) is 0 Å². The summed E-state index contributed by atoms with van der Waals surface area (Å²) < 4.78 is 12.6. The van der Waals surface area contributed by atoms with Gasteiger partial charge in [0.1, 0.15) is 5.82 Å². The number of aliphatic hydroxyl groups is 1. The van der Waals surface area contributed by atoms with Crippen LogP contribution in [0.2, 0.25) is 0 Å². The Kier molecular flexibility index (Phi) is 5.29. The van der Waals surface area contributed by atoms with Crippen LogP contribution in [0.5, 0.6) is 0 Å². The van der Waals surface area contributed by atoms with Crippen molar-refractivity contribution in [1.82, 2.24) is 5.32 Å². The minimum absolute atomic E-state index is 0.201. The molecule has 0 aliphatic carbocycles. The van der Waals surface area contributed by atoms with Crippen LogP contribution in [0.15, 0.2) is 24.3 Å². The molecule has 0 radical (unpaired) electrons. The zero-order valence-electron chi connectivity index (χ0n) is 9.04. The van der Waals surface area contributed by atoms with Gasteiger partial charge in [0.2, 0.25) is 0 Å². The van der Waals surface area contributed by atoms with Crippen molar-refractivity contribution >= 4 is 0 Å². The molecule has 0 amide bonds. The van der Waals surface area contributed by atoms with Gasteiger partial charge in [0.15, 0.2) is 0 Å². The summed E-state index contributed by atoms with van der Waals surface area (Å²) in [4.78, 5) is 0. The second-order valence-corrected chi connectivity index (χ2v) is 3.87. The molecule has 1 aromatic rings. The maximum Gasteiger partial charge on any atom is 0.123 e. The Morgan fingerprint density at radius 3 is 2.60 bits per heavy atom. The average Bonchev–Trinajstić information content (AvgIpc) is 2.21. The highest BCUT2D eigenvalue weighted by atomic mass is 19.1. The predicted octanol–water partition coefficient (Wildman–Crippen LogP) is 1.93. The molecule has 0 saturated heterocycles. The minimum Gasteiger partial charge on any atom is -0.396 e. The van der Waals surface area contributed by atoms with Crippen molar-refractivity contribution in [2.75, 3.05) is 13.2 Å². The summed E-state index contributed by atoms with van der Waals surface area (Å²) >= 11 is 0. The Morgan fingerprint density at radius 2 is 2.00 bits per heavy atom. The van der Waals surface area contributed by atoms with Crippen LogP contribution < -0.4 is 5.32 Å². The highest BCUT2D eigenvalue weighted by Crippen LogP contribution is 2.03. The molecule has 0 aromatic heterocycles. The number of benzene rings is 1. The molecule has 0 heterocycles. The Balaban J connectivity index is 2.22. The van der Waals surface area contributed by atoms with Crippen molar-refractivity contribution in [3.63, 3.8) is 0 Å². The standard InChI is InChI=1S/C12H18FNO/c1-10(6-7-15)8-14-9-11-2-4-12(13)5-3-11/h2-5,10,14-15H,6-9H2,1H3. The number of hydrogen-bond donors (Lipinski definition) is 2. The van der Waals surface area contributed by atoms with Crippen LogP contribution in [0.25, 0.3) is 0 Å². The molecule has 15 heavy (non-hydrogen) atoms. The first-order chi connectivity index (χ1) is 7.22. The molecule has 2 nitrogen and oxygen atoms in total. The van der Waals surface area contributed by atoms with E-state index in [9.17, 15) is 4.39 Å². The Labute approximate surface area is 90.1 Å². The zero-order chi connectivity index (χ0) is 11.1. The third kappa shape index (κ3) is 4.91. The molecule has 0 saturated carbocycles. The van der Waals surface area contributed by atoms with Gasteiger partial charge in [-0.25, -0.2) is 4.39 Å². The normalized spacial score (nSPS) is 12.7. The van der Waals surface area contributed by atoms with Crippen LogP contribution in [-0.2, 0) is 6.54 Å². The molecule has 0 aliphatic rings. The monoisotopic (exact) mass is 211 g/mol. The summed E-state index contributed by atoms with van der Waals surface area (Å²) in [6, 6.07) is 6.49. The molecule has 1 aromatic carbocycles. The van der Waals surface area contributed by atoms with E-state index in [2.05, 4.69) is 12.2 Å². The molecule has 2 N–H and O–H groups in total. The van der Waals surface area contributed by atoms with E-state index in [4.69, 9.17) is 5.11 Å². The Bertz CT molecular complexity index is 273. The van der Waals surface area contributed by atoms with Gasteiger partial charge in [-0.15, -0.1) is 0 Å². The lowest BCUT2D eigenvalue weighted by molar-refractivity contribution is 0.260. The van der Waals surface area contributed by atoms with Crippen LogP contribution in [0.1, 0.15) is 18.9 Å². The summed E-state index contributed by atoms with van der Waals surface area (Å²) in [5.74, 6) is 0.267. The molecule has 84 valence electrons. The van der Waals surface area contributed by atoms with Crippen molar-refractivity contribution in [2.45, 2.75) is 19.9 Å². The van der Waals surface area contributed by atoms with Crippen molar-refractivity contribution in [2.24, 2.45) is 5.92 Å². The quantitative estimate of drug-likeness (QED) is 0.753. The van der Waals surface area contributed by atoms with E-state index >= 15 is 0 Å². The van der Waals surface area contributed by atoms with Crippen LogP contribution in [0.3, 0.4) is 0 Å². The number of aliphatic hydroxyl groups excluding tert-OH is 1. The summed E-state index contributed by atoms with van der Waals surface area (Å²) in [6.07, 6.45) is 0.816. The van der Waals surface area contributed by atoms with Gasteiger partial charge in [0, 0.05) is 13.2 Å². The first kappa shape index (κ1) is 12.1. The largest absolute Gasteiger partial charge is 0.396 e. The topological polar surface area (TPSA) is 32.3 Å². The molecule has 0 spiro atoms. The number of halogens is 1. The van der Waals surface area contributed by atoms with Gasteiger partial charge < -0.3 is 10.4 Å². The lowest BCUT2D eigenvalue weighted by Crippen LogP contribution is -2.21. The van der Waals surface area contributed by atoms with Crippen molar-refractivity contribution < 1.29 is 9.50 Å². The summed E-state index contributed by atoms with van der Waals surface area (Å²) in [5, 5.41) is 12.0. The van der Waals surface area contributed by atoms with Crippen molar-refractivity contribution in [1.29, 1.82) is 0 Å². The van der Waals surface area contributed by atoms with Crippen LogP contribution in [0, 0.1) is 11.7 Å². The molecular weight excluding hydrogens is 193 g/mol. The Morgan fingerprint density at radius 1 is 1.33 bits per heavy atom. The maximum atomic E-state index is 12.6. The molecule has 0 fully saturated rings. The van der Waals surface area contributed by atoms with Gasteiger partial charge in [-0.1, -0.05) is 19.1 Å². The molecule has 3 heteroatoms. The SMILES string of the molecule is CC(CCO)CNCc1ccc(F)cc1. The van der Waals surface area contributed by atoms with Gasteiger partial charge >= 0.3 is 0 Å². The van der Waals surface area contributed by atoms with Crippen LogP contribution >= 0.6 is 0 Å². The smallest absolute Gasteiger partial charge is 0.123 e. The molecule has 1 rings (SSSR count). The number of hydrogen-bond acceptors (Lipinski definition) is 2. The fourth-order valence-corrected chi connectivity index (χ4v) is 1.39. The predicted molar refractivity (Wildman–Crippen MR) is 59.0 cm³/mol. The third-order valence-corrected chi connectivity index (χ3v) is 2.36. The molecule has 1 atom stereocenters. The number of nitrogens with one attached hydrogen (secondary N) is 1. The summed E-state index contributed by atoms with van der Waals surface area (Å²) in [5.41, 5.74) is 1.08. The second kappa shape index (κ2) is 6.53. The van der Waals surface area contributed by atoms with Crippen molar-refractivity contribution in [3.8, 4) is 0 Å². The van der Waals surface area contributed by atoms with Gasteiger partial charge in [-0.05, 0) is 36.6 Å². The number of rotatable bonds is 6. The highest BCUT2D eigenvalue weighted by Gasteiger charge is 2.00. The lowest BCUT2D eigenvalue weighted by Gasteiger charge is -2.10. The van der Waals surface area contributed by atoms with E-state index in [1.54, 1.807) is 12.1 Å².